The minimum Gasteiger partial charge on any atom is -0.324 e. The summed E-state index contributed by atoms with van der Waals surface area (Å²) in [5.41, 5.74) is 9.83. The van der Waals surface area contributed by atoms with Gasteiger partial charge in [0.25, 0.3) is 0 Å². The van der Waals surface area contributed by atoms with E-state index in [0.29, 0.717) is 0 Å². The highest BCUT2D eigenvalue weighted by Gasteiger charge is 2.03. The van der Waals surface area contributed by atoms with Gasteiger partial charge in [-0.3, -0.25) is 0 Å². The summed E-state index contributed by atoms with van der Waals surface area (Å²) < 4.78 is 0. The Kier molecular flexibility index (Phi) is 2.88. The van der Waals surface area contributed by atoms with E-state index in [1.54, 1.807) is 0 Å². The predicted octanol–water partition coefficient (Wildman–Crippen LogP) is 2.71. The van der Waals surface area contributed by atoms with Crippen LogP contribution in [0.15, 0.2) is 18.2 Å². The molecule has 1 aromatic carbocycles. The maximum Gasteiger partial charge on any atom is 0.0292 e. The minimum atomic E-state index is 0.198. The average molecular weight is 163 g/mol. The van der Waals surface area contributed by atoms with Crippen LogP contribution in [0, 0.1) is 13.8 Å². The molecule has 0 unspecified atom stereocenters. The normalized spacial score (nSPS) is 13.0. The van der Waals surface area contributed by atoms with Crippen LogP contribution in [0.2, 0.25) is 0 Å². The van der Waals surface area contributed by atoms with Crippen molar-refractivity contribution in [3.8, 4) is 0 Å². The largest absolute Gasteiger partial charge is 0.324 e. The molecule has 0 saturated carbocycles. The first kappa shape index (κ1) is 9.27. The van der Waals surface area contributed by atoms with Crippen LogP contribution in [0.4, 0.5) is 0 Å². The van der Waals surface area contributed by atoms with Crippen molar-refractivity contribution >= 4 is 0 Å². The van der Waals surface area contributed by atoms with Gasteiger partial charge in [-0.2, -0.15) is 0 Å². The van der Waals surface area contributed by atoms with Crippen LogP contribution in [0.1, 0.15) is 36.1 Å². The van der Waals surface area contributed by atoms with E-state index in [0.717, 1.165) is 6.42 Å². The Bertz CT molecular complexity index is 266. The van der Waals surface area contributed by atoms with E-state index in [1.807, 2.05) is 0 Å². The van der Waals surface area contributed by atoms with Gasteiger partial charge in [-0.05, 0) is 37.0 Å². The van der Waals surface area contributed by atoms with Gasteiger partial charge in [-0.1, -0.05) is 25.1 Å². The zero-order chi connectivity index (χ0) is 9.14. The predicted molar refractivity (Wildman–Crippen MR) is 53.1 cm³/mol. The molecule has 0 heterocycles. The molecular formula is C11H17N. The fourth-order valence-electron chi connectivity index (χ4n) is 1.23. The highest BCUT2D eigenvalue weighted by atomic mass is 14.6. The van der Waals surface area contributed by atoms with Crippen LogP contribution in [-0.4, -0.2) is 0 Å². The fraction of sp³-hybridized carbons (Fsp3) is 0.455. The van der Waals surface area contributed by atoms with Crippen LogP contribution in [0.3, 0.4) is 0 Å². The second kappa shape index (κ2) is 3.72. The highest BCUT2D eigenvalue weighted by molar-refractivity contribution is 5.31. The summed E-state index contributed by atoms with van der Waals surface area (Å²) >= 11 is 0. The van der Waals surface area contributed by atoms with Gasteiger partial charge in [0.1, 0.15) is 0 Å². The van der Waals surface area contributed by atoms with Gasteiger partial charge in [-0.15, -0.1) is 0 Å². The van der Waals surface area contributed by atoms with E-state index in [-0.39, 0.29) is 6.04 Å². The van der Waals surface area contributed by atoms with Crippen LogP contribution in [0.5, 0.6) is 0 Å². The molecule has 66 valence electrons. The number of rotatable bonds is 2. The van der Waals surface area contributed by atoms with Crippen molar-refractivity contribution in [1.82, 2.24) is 0 Å². The number of benzene rings is 1. The summed E-state index contributed by atoms with van der Waals surface area (Å²) in [6.45, 7) is 6.36. The third kappa shape index (κ3) is 1.86. The quantitative estimate of drug-likeness (QED) is 0.712. The van der Waals surface area contributed by atoms with Gasteiger partial charge in [0.2, 0.25) is 0 Å². The lowest BCUT2D eigenvalue weighted by Crippen LogP contribution is -2.08. The van der Waals surface area contributed by atoms with Crippen LogP contribution >= 0.6 is 0 Å². The van der Waals surface area contributed by atoms with Crippen molar-refractivity contribution < 1.29 is 0 Å². The molecule has 0 aliphatic rings. The Balaban J connectivity index is 2.96. The zero-order valence-corrected chi connectivity index (χ0v) is 8.09. The van der Waals surface area contributed by atoms with Gasteiger partial charge < -0.3 is 5.73 Å². The van der Waals surface area contributed by atoms with E-state index < -0.39 is 0 Å². The van der Waals surface area contributed by atoms with Gasteiger partial charge in [-0.25, -0.2) is 0 Å². The molecule has 0 saturated heterocycles. The maximum atomic E-state index is 5.91. The Hall–Kier alpha value is -0.820. The number of nitrogens with two attached hydrogens (primary N) is 1. The summed E-state index contributed by atoms with van der Waals surface area (Å²) in [4.78, 5) is 0. The lowest BCUT2D eigenvalue weighted by Gasteiger charge is -2.10. The summed E-state index contributed by atoms with van der Waals surface area (Å²) in [6, 6.07) is 6.64. The Morgan fingerprint density at radius 1 is 1.25 bits per heavy atom. The van der Waals surface area contributed by atoms with Crippen molar-refractivity contribution in [1.29, 1.82) is 0 Å². The van der Waals surface area contributed by atoms with E-state index in [2.05, 4.69) is 39.0 Å². The molecule has 0 spiro atoms. The van der Waals surface area contributed by atoms with Crippen molar-refractivity contribution in [3.63, 3.8) is 0 Å². The molecule has 0 aliphatic carbocycles. The van der Waals surface area contributed by atoms with E-state index >= 15 is 0 Å². The van der Waals surface area contributed by atoms with E-state index in [4.69, 9.17) is 5.73 Å². The average Bonchev–Trinajstić information content (AvgIpc) is 2.08. The topological polar surface area (TPSA) is 26.0 Å². The van der Waals surface area contributed by atoms with Gasteiger partial charge in [0.05, 0.1) is 0 Å². The summed E-state index contributed by atoms with van der Waals surface area (Å²) in [6.07, 6.45) is 1.00. The molecule has 1 nitrogen and oxygen atoms in total. The smallest absolute Gasteiger partial charge is 0.0292 e. The highest BCUT2D eigenvalue weighted by Crippen LogP contribution is 2.17. The first-order chi connectivity index (χ1) is 5.65. The molecule has 0 bridgehead atoms. The molecule has 1 rings (SSSR count). The lowest BCUT2D eigenvalue weighted by molar-refractivity contribution is 0.698. The SMILES string of the molecule is CC[C@@H](N)c1ccc(C)c(C)c1. The summed E-state index contributed by atoms with van der Waals surface area (Å²) in [5, 5.41) is 0. The fourth-order valence-corrected chi connectivity index (χ4v) is 1.23. The number of hydrogen-bond acceptors (Lipinski definition) is 1. The molecule has 0 aliphatic heterocycles. The van der Waals surface area contributed by atoms with Crippen LogP contribution in [0.25, 0.3) is 0 Å². The molecule has 2 N–H and O–H groups in total. The minimum absolute atomic E-state index is 0.198. The molecule has 0 aromatic heterocycles. The molecule has 1 atom stereocenters. The molecular weight excluding hydrogens is 146 g/mol. The first-order valence-electron chi connectivity index (χ1n) is 4.48. The molecule has 0 radical (unpaired) electrons. The number of hydrogen-bond donors (Lipinski definition) is 1. The van der Waals surface area contributed by atoms with Crippen molar-refractivity contribution in [2.45, 2.75) is 33.2 Å². The van der Waals surface area contributed by atoms with Crippen LogP contribution < -0.4 is 5.73 Å². The van der Waals surface area contributed by atoms with Crippen LogP contribution in [-0.2, 0) is 0 Å². The molecule has 1 heteroatoms. The second-order valence-corrected chi connectivity index (χ2v) is 3.36. The standard InChI is InChI=1S/C11H17N/c1-4-11(12)10-6-5-8(2)9(3)7-10/h5-7,11H,4,12H2,1-3H3/t11-/m1/s1. The Labute approximate surface area is 74.6 Å². The second-order valence-electron chi connectivity index (χ2n) is 3.36. The zero-order valence-electron chi connectivity index (χ0n) is 8.09. The molecule has 12 heavy (non-hydrogen) atoms. The Morgan fingerprint density at radius 2 is 1.92 bits per heavy atom. The summed E-state index contributed by atoms with van der Waals surface area (Å²) in [7, 11) is 0. The summed E-state index contributed by atoms with van der Waals surface area (Å²) in [5.74, 6) is 0. The van der Waals surface area contributed by atoms with E-state index in [9.17, 15) is 0 Å². The van der Waals surface area contributed by atoms with Gasteiger partial charge in [0, 0.05) is 6.04 Å². The molecule has 0 amide bonds. The third-order valence-electron chi connectivity index (χ3n) is 2.40. The third-order valence-corrected chi connectivity index (χ3v) is 2.40. The van der Waals surface area contributed by atoms with Gasteiger partial charge >= 0.3 is 0 Å². The maximum absolute atomic E-state index is 5.91. The molecule has 0 fully saturated rings. The monoisotopic (exact) mass is 163 g/mol. The van der Waals surface area contributed by atoms with Gasteiger partial charge in [0.15, 0.2) is 0 Å². The van der Waals surface area contributed by atoms with Crippen molar-refractivity contribution in [2.75, 3.05) is 0 Å². The van der Waals surface area contributed by atoms with E-state index in [1.165, 1.54) is 16.7 Å². The molecule has 1 aromatic rings. The number of aryl methyl sites for hydroxylation is 2. The first-order valence-corrected chi connectivity index (χ1v) is 4.48. The van der Waals surface area contributed by atoms with Crippen molar-refractivity contribution in [3.05, 3.63) is 34.9 Å². The Morgan fingerprint density at radius 3 is 2.42 bits per heavy atom. The lowest BCUT2D eigenvalue weighted by atomic mass is 10.0. The van der Waals surface area contributed by atoms with Crippen molar-refractivity contribution in [2.24, 2.45) is 5.73 Å².